The second kappa shape index (κ2) is 13.9. The van der Waals surface area contributed by atoms with Gasteiger partial charge in [-0.25, -0.2) is 4.99 Å². The lowest BCUT2D eigenvalue weighted by atomic mass is 10.1. The molecule has 1 saturated heterocycles. The van der Waals surface area contributed by atoms with Crippen molar-refractivity contribution in [3.05, 3.63) is 59.5 Å². The van der Waals surface area contributed by atoms with Crippen molar-refractivity contribution in [1.29, 1.82) is 0 Å². The molecule has 32 heavy (non-hydrogen) atoms. The van der Waals surface area contributed by atoms with Crippen molar-refractivity contribution in [2.45, 2.75) is 39.4 Å². The number of furan rings is 1. The van der Waals surface area contributed by atoms with E-state index in [-0.39, 0.29) is 0 Å². The summed E-state index contributed by atoms with van der Waals surface area (Å²) in [5.74, 6) is 2.39. The summed E-state index contributed by atoms with van der Waals surface area (Å²) < 4.78 is 16.6. The number of benzene rings is 1. The van der Waals surface area contributed by atoms with Crippen LogP contribution in [0.3, 0.4) is 0 Å². The number of hydrogen-bond acceptors (Lipinski definition) is 5. The molecule has 0 radical (unpaired) electrons. The standard InChI is InChI=1S/C25H38N4O3/c1-3-26-25(27-12-7-13-30-19-21-11-15-31-20-21)28-16-22-8-4-5-9-23(22)17-29(2)18-24-10-6-14-32-24/h4-6,8-10,14,21H,3,7,11-13,15-20H2,1-2H3,(H2,26,27,28). The first kappa shape index (κ1) is 24.3. The highest BCUT2D eigenvalue weighted by molar-refractivity contribution is 5.79. The van der Waals surface area contributed by atoms with E-state index in [1.807, 2.05) is 12.1 Å². The zero-order valence-corrected chi connectivity index (χ0v) is 19.5. The van der Waals surface area contributed by atoms with Gasteiger partial charge < -0.3 is 24.5 Å². The molecule has 1 fully saturated rings. The third kappa shape index (κ3) is 8.65. The molecule has 1 aliphatic heterocycles. The average Bonchev–Trinajstić information content (AvgIpc) is 3.49. The van der Waals surface area contributed by atoms with Gasteiger partial charge in [-0.2, -0.15) is 0 Å². The van der Waals surface area contributed by atoms with Crippen LogP contribution in [0.15, 0.2) is 52.1 Å². The molecular formula is C25H38N4O3. The zero-order chi connectivity index (χ0) is 22.4. The Morgan fingerprint density at radius 1 is 1.16 bits per heavy atom. The minimum absolute atomic E-state index is 0.569. The SMILES string of the molecule is CCNC(=NCc1ccccc1CN(C)Cc1ccco1)NCCCOCC1CCOC1. The van der Waals surface area contributed by atoms with Crippen LogP contribution in [-0.2, 0) is 29.1 Å². The predicted molar refractivity (Wildman–Crippen MR) is 128 cm³/mol. The van der Waals surface area contributed by atoms with Crippen LogP contribution in [0.2, 0.25) is 0 Å². The van der Waals surface area contributed by atoms with E-state index < -0.39 is 0 Å². The first-order valence-corrected chi connectivity index (χ1v) is 11.7. The molecule has 2 heterocycles. The largest absolute Gasteiger partial charge is 0.468 e. The van der Waals surface area contributed by atoms with E-state index in [1.165, 1.54) is 11.1 Å². The second-order valence-electron chi connectivity index (χ2n) is 8.30. The van der Waals surface area contributed by atoms with Crippen molar-refractivity contribution in [3.63, 3.8) is 0 Å². The van der Waals surface area contributed by atoms with Crippen LogP contribution < -0.4 is 10.6 Å². The van der Waals surface area contributed by atoms with E-state index in [2.05, 4.69) is 53.8 Å². The van der Waals surface area contributed by atoms with Crippen LogP contribution in [0.5, 0.6) is 0 Å². The molecule has 1 atom stereocenters. The lowest BCUT2D eigenvalue weighted by Gasteiger charge is -2.18. The summed E-state index contributed by atoms with van der Waals surface area (Å²) in [6.45, 7) is 9.30. The third-order valence-electron chi connectivity index (χ3n) is 5.45. The number of hydrogen-bond donors (Lipinski definition) is 2. The molecule has 2 aromatic rings. The summed E-state index contributed by atoms with van der Waals surface area (Å²) in [5.41, 5.74) is 2.52. The molecule has 0 saturated carbocycles. The van der Waals surface area contributed by atoms with Gasteiger partial charge in [-0.15, -0.1) is 0 Å². The topological polar surface area (TPSA) is 71.3 Å². The van der Waals surface area contributed by atoms with E-state index in [1.54, 1.807) is 6.26 Å². The molecule has 1 unspecified atom stereocenters. The van der Waals surface area contributed by atoms with Crippen molar-refractivity contribution in [3.8, 4) is 0 Å². The monoisotopic (exact) mass is 442 g/mol. The number of ether oxygens (including phenoxy) is 2. The van der Waals surface area contributed by atoms with E-state index in [0.29, 0.717) is 12.5 Å². The summed E-state index contributed by atoms with van der Waals surface area (Å²) in [6.07, 6.45) is 3.79. The average molecular weight is 443 g/mol. The molecule has 7 heteroatoms. The van der Waals surface area contributed by atoms with Crippen LogP contribution in [0.1, 0.15) is 36.7 Å². The Balaban J connectivity index is 1.44. The number of rotatable bonds is 13. The van der Waals surface area contributed by atoms with Crippen LogP contribution in [-0.4, -0.2) is 57.4 Å². The lowest BCUT2D eigenvalue weighted by molar-refractivity contribution is 0.0888. The highest BCUT2D eigenvalue weighted by atomic mass is 16.5. The molecule has 0 aliphatic carbocycles. The fourth-order valence-electron chi connectivity index (χ4n) is 3.73. The molecule has 0 bridgehead atoms. The van der Waals surface area contributed by atoms with Crippen LogP contribution in [0.25, 0.3) is 0 Å². The van der Waals surface area contributed by atoms with Crippen molar-refractivity contribution in [1.82, 2.24) is 15.5 Å². The Kier molecular flexibility index (Phi) is 10.6. The summed E-state index contributed by atoms with van der Waals surface area (Å²) >= 11 is 0. The summed E-state index contributed by atoms with van der Waals surface area (Å²) in [5, 5.41) is 6.76. The van der Waals surface area contributed by atoms with Gasteiger partial charge in [0.15, 0.2) is 5.96 Å². The summed E-state index contributed by atoms with van der Waals surface area (Å²) in [7, 11) is 2.11. The fourth-order valence-corrected chi connectivity index (χ4v) is 3.73. The molecule has 1 aromatic heterocycles. The Hall–Kier alpha value is -2.35. The molecule has 1 aromatic carbocycles. The zero-order valence-electron chi connectivity index (χ0n) is 19.5. The van der Waals surface area contributed by atoms with Crippen molar-refractivity contribution in [2.75, 3.05) is 46.6 Å². The Labute approximate surface area is 192 Å². The maximum absolute atomic E-state index is 5.79. The second-order valence-corrected chi connectivity index (χ2v) is 8.30. The van der Waals surface area contributed by atoms with Gasteiger partial charge in [0.25, 0.3) is 0 Å². The van der Waals surface area contributed by atoms with Gasteiger partial charge in [0.2, 0.25) is 0 Å². The molecule has 3 rings (SSSR count). The van der Waals surface area contributed by atoms with Gasteiger partial charge >= 0.3 is 0 Å². The smallest absolute Gasteiger partial charge is 0.191 e. The molecular weight excluding hydrogens is 404 g/mol. The Bertz CT molecular complexity index is 788. The highest BCUT2D eigenvalue weighted by Crippen LogP contribution is 2.15. The van der Waals surface area contributed by atoms with Crippen LogP contribution in [0.4, 0.5) is 0 Å². The van der Waals surface area contributed by atoms with Gasteiger partial charge in [-0.1, -0.05) is 24.3 Å². The van der Waals surface area contributed by atoms with Gasteiger partial charge in [-0.3, -0.25) is 4.90 Å². The summed E-state index contributed by atoms with van der Waals surface area (Å²) in [6, 6.07) is 12.4. The van der Waals surface area contributed by atoms with Crippen LogP contribution in [0, 0.1) is 5.92 Å². The van der Waals surface area contributed by atoms with E-state index >= 15 is 0 Å². The predicted octanol–water partition coefficient (Wildman–Crippen LogP) is 3.41. The molecule has 1 aliphatic rings. The first-order valence-electron chi connectivity index (χ1n) is 11.7. The lowest BCUT2D eigenvalue weighted by Crippen LogP contribution is -2.38. The van der Waals surface area contributed by atoms with E-state index in [0.717, 1.165) is 77.2 Å². The first-order chi connectivity index (χ1) is 15.7. The Morgan fingerprint density at radius 2 is 2.03 bits per heavy atom. The molecule has 0 amide bonds. The maximum Gasteiger partial charge on any atom is 0.191 e. The molecule has 176 valence electrons. The number of nitrogens with one attached hydrogen (secondary N) is 2. The minimum Gasteiger partial charge on any atom is -0.468 e. The summed E-state index contributed by atoms with van der Waals surface area (Å²) in [4.78, 5) is 7.06. The third-order valence-corrected chi connectivity index (χ3v) is 5.45. The van der Waals surface area contributed by atoms with Crippen molar-refractivity contribution >= 4 is 5.96 Å². The fraction of sp³-hybridized carbons (Fsp3) is 0.560. The molecule has 0 spiro atoms. The minimum atomic E-state index is 0.569. The molecule has 2 N–H and O–H groups in total. The maximum atomic E-state index is 5.79. The quantitative estimate of drug-likeness (QED) is 0.281. The van der Waals surface area contributed by atoms with Gasteiger partial charge in [0.05, 0.1) is 32.6 Å². The van der Waals surface area contributed by atoms with Gasteiger partial charge in [0.1, 0.15) is 5.76 Å². The van der Waals surface area contributed by atoms with Crippen LogP contribution >= 0.6 is 0 Å². The highest BCUT2D eigenvalue weighted by Gasteiger charge is 2.15. The van der Waals surface area contributed by atoms with Gasteiger partial charge in [0, 0.05) is 38.8 Å². The van der Waals surface area contributed by atoms with E-state index in [9.17, 15) is 0 Å². The Morgan fingerprint density at radius 3 is 2.78 bits per heavy atom. The molecule has 7 nitrogen and oxygen atoms in total. The van der Waals surface area contributed by atoms with Crippen molar-refractivity contribution in [2.24, 2.45) is 10.9 Å². The van der Waals surface area contributed by atoms with Crippen molar-refractivity contribution < 1.29 is 13.9 Å². The normalized spacial score (nSPS) is 16.6. The number of nitrogens with zero attached hydrogens (tertiary/aromatic N) is 2. The van der Waals surface area contributed by atoms with Gasteiger partial charge in [-0.05, 0) is 50.1 Å². The van der Waals surface area contributed by atoms with E-state index in [4.69, 9.17) is 18.9 Å². The number of aliphatic imine (C=N–C) groups is 1. The number of guanidine groups is 1.